The van der Waals surface area contributed by atoms with Gasteiger partial charge in [-0.3, -0.25) is 10.1 Å². The number of aromatic hydroxyl groups is 1. The first-order valence-electron chi connectivity index (χ1n) is 10.8. The van der Waals surface area contributed by atoms with Crippen molar-refractivity contribution in [1.82, 2.24) is 0 Å². The number of carbonyl (C=O) groups is 2. The van der Waals surface area contributed by atoms with Gasteiger partial charge >= 0.3 is 6.09 Å². The Morgan fingerprint density at radius 1 is 1.08 bits per heavy atom. The quantitative estimate of drug-likeness (QED) is 0.142. The number of benzene rings is 3. The van der Waals surface area contributed by atoms with Crippen molar-refractivity contribution in [2.75, 3.05) is 29.7 Å². The highest BCUT2D eigenvalue weighted by Crippen LogP contribution is 2.34. The van der Waals surface area contributed by atoms with Crippen molar-refractivity contribution in [3.05, 3.63) is 88.9 Å². The Kier molecular flexibility index (Phi) is 9.80. The third kappa shape index (κ3) is 7.51. The summed E-state index contributed by atoms with van der Waals surface area (Å²) < 4.78 is 11.9. The van der Waals surface area contributed by atoms with Gasteiger partial charge in [0.05, 0.1) is 11.4 Å². The minimum atomic E-state index is -1.08. The largest absolute Gasteiger partial charge is 0.508 e. The van der Waals surface area contributed by atoms with Crippen LogP contribution < -0.4 is 16.4 Å². The maximum Gasteiger partial charge on any atom is 0.412 e. The zero-order chi connectivity index (χ0) is 26.1. The minimum absolute atomic E-state index is 0.0997. The predicted molar refractivity (Wildman–Crippen MR) is 146 cm³/mol. The normalized spacial score (nSPS) is 12.6. The van der Waals surface area contributed by atoms with Gasteiger partial charge in [0.2, 0.25) is 5.91 Å². The summed E-state index contributed by atoms with van der Waals surface area (Å²) in [5, 5.41) is 15.9. The summed E-state index contributed by atoms with van der Waals surface area (Å²) >= 11 is 4.95. The highest BCUT2D eigenvalue weighted by Gasteiger charge is 2.28. The molecule has 0 saturated carbocycles. The molecule has 0 aliphatic rings. The molecule has 10 heteroatoms. The molecule has 3 rings (SSSR count). The molecule has 0 spiro atoms. The number of halogens is 1. The molecule has 0 radical (unpaired) electrons. The van der Waals surface area contributed by atoms with E-state index in [2.05, 4.69) is 26.6 Å². The molecule has 8 nitrogen and oxygen atoms in total. The summed E-state index contributed by atoms with van der Waals surface area (Å²) in [7, 11) is 1.41. The average molecular weight is 572 g/mol. The maximum atomic E-state index is 12.8. The monoisotopic (exact) mass is 571 g/mol. The molecule has 2 atom stereocenters. The van der Waals surface area contributed by atoms with Crippen molar-refractivity contribution in [2.45, 2.75) is 17.1 Å². The fraction of sp³-hybridized carbons (Fsp3) is 0.154. The number of anilines is 3. The number of phenolic OH excluding ortho intramolecular Hbond substituents is 1. The third-order valence-corrected chi connectivity index (χ3v) is 6.33. The van der Waals surface area contributed by atoms with E-state index >= 15 is 0 Å². The summed E-state index contributed by atoms with van der Waals surface area (Å²) in [4.78, 5) is 26.3. The summed E-state index contributed by atoms with van der Waals surface area (Å²) in [5.74, 6) is -0.553. The second-order valence-electron chi connectivity index (χ2n) is 7.52. The highest BCUT2D eigenvalue weighted by molar-refractivity contribution is 9.10. The van der Waals surface area contributed by atoms with Crippen LogP contribution in [0.2, 0.25) is 0 Å². The number of rotatable bonds is 9. The number of nitrogens with one attached hydrogen (secondary N) is 2. The van der Waals surface area contributed by atoms with Gasteiger partial charge < -0.3 is 25.6 Å². The Hall–Kier alpha value is -3.47. The lowest BCUT2D eigenvalue weighted by atomic mass is 10.0. The second-order valence-corrected chi connectivity index (χ2v) is 9.31. The van der Waals surface area contributed by atoms with Crippen LogP contribution in [0.5, 0.6) is 5.75 Å². The predicted octanol–water partition coefficient (Wildman–Crippen LogP) is 5.96. The van der Waals surface area contributed by atoms with Gasteiger partial charge in [-0.1, -0.05) is 28.1 Å². The first-order valence-corrected chi connectivity index (χ1v) is 12.8. The van der Waals surface area contributed by atoms with Gasteiger partial charge in [0.25, 0.3) is 0 Å². The molecular formula is C26H26BrN3O5S. The van der Waals surface area contributed by atoms with Crippen molar-refractivity contribution in [3.63, 3.8) is 0 Å². The number of hydrogen-bond donors (Lipinski definition) is 4. The molecule has 0 aromatic heterocycles. The molecule has 2 amide bonds. The van der Waals surface area contributed by atoms with E-state index in [0.717, 1.165) is 4.90 Å². The number of hydrogen-bond acceptors (Lipinski definition) is 7. The van der Waals surface area contributed by atoms with Gasteiger partial charge in [0.1, 0.15) is 11.9 Å². The fourth-order valence-electron chi connectivity index (χ4n) is 3.27. The number of ether oxygens (including phenoxy) is 2. The molecule has 0 saturated heterocycles. The Bertz CT molecular complexity index is 1240. The van der Waals surface area contributed by atoms with E-state index in [9.17, 15) is 14.7 Å². The summed E-state index contributed by atoms with van der Waals surface area (Å²) in [6, 6.07) is 18.9. The Morgan fingerprint density at radius 2 is 1.81 bits per heavy atom. The minimum Gasteiger partial charge on any atom is -0.508 e. The molecular weight excluding hydrogens is 546 g/mol. The lowest BCUT2D eigenvalue weighted by Gasteiger charge is -2.25. The smallest absolute Gasteiger partial charge is 0.412 e. The van der Waals surface area contributed by atoms with Crippen LogP contribution in [0.4, 0.5) is 21.9 Å². The molecule has 3 aromatic carbocycles. The van der Waals surface area contributed by atoms with Crippen molar-refractivity contribution >= 4 is 56.8 Å². The second kappa shape index (κ2) is 13.0. The van der Waals surface area contributed by atoms with E-state index < -0.39 is 24.2 Å². The van der Waals surface area contributed by atoms with E-state index in [1.807, 2.05) is 18.4 Å². The van der Waals surface area contributed by atoms with E-state index in [0.29, 0.717) is 27.1 Å². The molecule has 0 aliphatic carbocycles. The van der Waals surface area contributed by atoms with Crippen molar-refractivity contribution in [1.29, 1.82) is 0 Å². The standard InChI is InChI=1S/C26H26BrN3O5S/c1-34-23(13-14-24(32)30-21-6-4-3-5-20(21)28)25(19-15-16(27)7-12-22(19)31)35-26(33)29-17-8-10-18(36-2)11-9-17/h3-15,23,25,31H,28H2,1-2H3,(H,29,33)(H,30,32)/b14-13+/t23-,25-/m0/s1. The van der Waals surface area contributed by atoms with Crippen molar-refractivity contribution in [3.8, 4) is 5.75 Å². The lowest BCUT2D eigenvalue weighted by molar-refractivity contribution is -0.112. The third-order valence-electron chi connectivity index (χ3n) is 5.09. The van der Waals surface area contributed by atoms with Gasteiger partial charge in [-0.2, -0.15) is 0 Å². The van der Waals surface area contributed by atoms with Crippen LogP contribution in [0.3, 0.4) is 0 Å². The number of nitrogen functional groups attached to an aromatic ring is 1. The zero-order valence-electron chi connectivity index (χ0n) is 19.6. The van der Waals surface area contributed by atoms with E-state index in [1.54, 1.807) is 60.3 Å². The zero-order valence-corrected chi connectivity index (χ0v) is 22.0. The maximum absolute atomic E-state index is 12.8. The molecule has 0 heterocycles. The number of thioether (sulfide) groups is 1. The number of para-hydroxylation sites is 2. The van der Waals surface area contributed by atoms with Gasteiger partial charge in [0.15, 0.2) is 6.10 Å². The first kappa shape index (κ1) is 27.1. The van der Waals surface area contributed by atoms with Crippen molar-refractivity contribution in [2.24, 2.45) is 0 Å². The molecule has 36 heavy (non-hydrogen) atoms. The van der Waals surface area contributed by atoms with Crippen molar-refractivity contribution < 1.29 is 24.2 Å². The summed E-state index contributed by atoms with van der Waals surface area (Å²) in [6.45, 7) is 0. The van der Waals surface area contributed by atoms with Crippen LogP contribution >= 0.6 is 27.7 Å². The molecule has 0 bridgehead atoms. The van der Waals surface area contributed by atoms with E-state index in [4.69, 9.17) is 15.2 Å². The van der Waals surface area contributed by atoms with Gasteiger partial charge in [-0.05, 0) is 66.9 Å². The molecule has 0 unspecified atom stereocenters. The topological polar surface area (TPSA) is 123 Å². The molecule has 0 aliphatic heterocycles. The molecule has 3 aromatic rings. The summed E-state index contributed by atoms with van der Waals surface area (Å²) in [5.41, 5.74) is 7.60. The number of phenols is 1. The first-order chi connectivity index (χ1) is 17.3. The van der Waals surface area contributed by atoms with E-state index in [-0.39, 0.29) is 5.75 Å². The van der Waals surface area contributed by atoms with Crippen LogP contribution in [-0.4, -0.2) is 36.6 Å². The number of methoxy groups -OCH3 is 1. The van der Waals surface area contributed by atoms with Gasteiger partial charge in [-0.25, -0.2) is 4.79 Å². The Labute approximate surface area is 222 Å². The SMILES string of the molecule is CO[C@@H](/C=C/C(=O)Nc1ccccc1N)[C@@H](OC(=O)Nc1ccc(SC)cc1)c1cc(Br)ccc1O. The van der Waals surface area contributed by atoms with Crippen LogP contribution in [0.15, 0.2) is 88.3 Å². The molecule has 188 valence electrons. The highest BCUT2D eigenvalue weighted by atomic mass is 79.9. The van der Waals surface area contributed by atoms with Crippen LogP contribution in [0, 0.1) is 0 Å². The number of carbonyl (C=O) groups excluding carboxylic acids is 2. The molecule has 5 N–H and O–H groups in total. The average Bonchev–Trinajstić information content (AvgIpc) is 2.87. The van der Waals surface area contributed by atoms with E-state index in [1.165, 1.54) is 25.3 Å². The lowest BCUT2D eigenvalue weighted by Crippen LogP contribution is -2.27. The Morgan fingerprint density at radius 3 is 2.47 bits per heavy atom. The Balaban J connectivity index is 1.82. The number of nitrogens with two attached hydrogens (primary N) is 1. The summed E-state index contributed by atoms with van der Waals surface area (Å²) in [6.07, 6.45) is 1.91. The molecule has 0 fully saturated rings. The van der Waals surface area contributed by atoms with Crippen LogP contribution in [0.25, 0.3) is 0 Å². The van der Waals surface area contributed by atoms with Crippen LogP contribution in [-0.2, 0) is 14.3 Å². The van der Waals surface area contributed by atoms with Crippen LogP contribution in [0.1, 0.15) is 11.7 Å². The number of amides is 2. The van der Waals surface area contributed by atoms with Gasteiger partial charge in [0, 0.05) is 33.8 Å². The fourth-order valence-corrected chi connectivity index (χ4v) is 4.06. The van der Waals surface area contributed by atoms with Gasteiger partial charge in [-0.15, -0.1) is 11.8 Å².